The Morgan fingerprint density at radius 1 is 0.705 bits per heavy atom. The number of benzene rings is 2. The molecule has 0 aromatic heterocycles. The molecule has 44 heavy (non-hydrogen) atoms. The Morgan fingerprint density at radius 3 is 1.39 bits per heavy atom. The highest BCUT2D eigenvalue weighted by molar-refractivity contribution is 5.98. The normalized spacial score (nSPS) is 17.3. The van der Waals surface area contributed by atoms with E-state index in [0.29, 0.717) is 35.8 Å². The smallest absolute Gasteiger partial charge is 0.349 e. The first-order valence-corrected chi connectivity index (χ1v) is 14.7. The summed E-state index contributed by atoms with van der Waals surface area (Å²) in [4.78, 5) is 25.3. The van der Waals surface area contributed by atoms with E-state index >= 15 is 0 Å². The van der Waals surface area contributed by atoms with Crippen molar-refractivity contribution in [1.82, 2.24) is 0 Å². The molecule has 0 saturated carbocycles. The molecule has 1 aliphatic heterocycles. The second-order valence-electron chi connectivity index (χ2n) is 10.0. The highest BCUT2D eigenvalue weighted by atomic mass is 16.6. The topological polar surface area (TPSA) is 137 Å². The van der Waals surface area contributed by atoms with Gasteiger partial charge >= 0.3 is 11.9 Å². The monoisotopic (exact) mass is 602 g/mol. The maximum atomic E-state index is 12.7. The number of unbranched alkanes of at least 4 members (excludes halogenated alkanes) is 2. The first-order valence-electron chi connectivity index (χ1n) is 14.7. The SMILES string of the molecule is CCCCOc1ccc(/C=C(\C#N)C(=O)O[C@H]2COC[C@H](OC(=O)/C(C#N)=C/c3ccc(OCCCC)cc3)COC2)cc1. The summed E-state index contributed by atoms with van der Waals surface area (Å²) in [6, 6.07) is 17.9. The van der Waals surface area contributed by atoms with Gasteiger partial charge in [-0.05, 0) is 60.4 Å². The van der Waals surface area contributed by atoms with Crippen molar-refractivity contribution < 1.29 is 38.0 Å². The van der Waals surface area contributed by atoms with Gasteiger partial charge < -0.3 is 28.4 Å². The van der Waals surface area contributed by atoms with Crippen molar-refractivity contribution >= 4 is 24.1 Å². The van der Waals surface area contributed by atoms with Gasteiger partial charge in [-0.25, -0.2) is 9.59 Å². The fourth-order valence-corrected chi connectivity index (χ4v) is 3.92. The Labute approximate surface area is 258 Å². The number of esters is 2. The molecule has 10 nitrogen and oxygen atoms in total. The molecule has 10 heteroatoms. The Hall–Kier alpha value is -4.64. The van der Waals surface area contributed by atoms with Crippen LogP contribution in [0.25, 0.3) is 12.2 Å². The molecule has 0 N–H and O–H groups in total. The average molecular weight is 603 g/mol. The van der Waals surface area contributed by atoms with E-state index in [4.69, 9.17) is 28.4 Å². The molecule has 0 aliphatic carbocycles. The number of nitrogens with zero attached hydrogens (tertiary/aromatic N) is 2. The molecule has 1 aliphatic rings. The maximum Gasteiger partial charge on any atom is 0.349 e. The minimum atomic E-state index is -0.805. The maximum absolute atomic E-state index is 12.7. The van der Waals surface area contributed by atoms with E-state index in [9.17, 15) is 20.1 Å². The molecule has 232 valence electrons. The van der Waals surface area contributed by atoms with Crippen LogP contribution in [0.3, 0.4) is 0 Å². The van der Waals surface area contributed by atoms with Crippen LogP contribution in [-0.2, 0) is 28.5 Å². The lowest BCUT2D eigenvalue weighted by Gasteiger charge is -2.25. The molecule has 1 fully saturated rings. The van der Waals surface area contributed by atoms with Crippen LogP contribution in [0.2, 0.25) is 0 Å². The number of nitriles is 2. The first kappa shape index (κ1) is 33.9. The van der Waals surface area contributed by atoms with Crippen LogP contribution in [0, 0.1) is 22.7 Å². The van der Waals surface area contributed by atoms with Crippen molar-refractivity contribution in [3.8, 4) is 23.6 Å². The number of hydrogen-bond donors (Lipinski definition) is 0. The Morgan fingerprint density at radius 2 is 1.07 bits per heavy atom. The fourth-order valence-electron chi connectivity index (χ4n) is 3.92. The van der Waals surface area contributed by atoms with E-state index in [1.807, 2.05) is 12.1 Å². The van der Waals surface area contributed by atoms with Crippen molar-refractivity contribution in [2.75, 3.05) is 39.6 Å². The number of hydrogen-bond acceptors (Lipinski definition) is 10. The van der Waals surface area contributed by atoms with Gasteiger partial charge in [0.2, 0.25) is 0 Å². The highest BCUT2D eigenvalue weighted by Crippen LogP contribution is 2.18. The van der Waals surface area contributed by atoms with E-state index in [2.05, 4.69) is 13.8 Å². The van der Waals surface area contributed by atoms with Gasteiger partial charge in [-0.2, -0.15) is 10.5 Å². The van der Waals surface area contributed by atoms with E-state index in [1.165, 1.54) is 12.2 Å². The quantitative estimate of drug-likeness (QED) is 0.119. The third-order valence-electron chi connectivity index (χ3n) is 6.36. The molecule has 0 bridgehead atoms. The van der Waals surface area contributed by atoms with E-state index in [1.54, 1.807) is 48.5 Å². The second-order valence-corrected chi connectivity index (χ2v) is 10.0. The summed E-state index contributed by atoms with van der Waals surface area (Å²) in [6.45, 7) is 5.29. The van der Waals surface area contributed by atoms with E-state index in [0.717, 1.165) is 25.7 Å². The zero-order chi connectivity index (χ0) is 31.6. The summed E-state index contributed by atoms with van der Waals surface area (Å²) in [6.07, 6.45) is 5.32. The van der Waals surface area contributed by atoms with Gasteiger partial charge in [-0.3, -0.25) is 0 Å². The molecule has 0 amide bonds. The second kappa shape index (κ2) is 18.8. The minimum absolute atomic E-state index is 0.0318. The van der Waals surface area contributed by atoms with Crippen molar-refractivity contribution in [2.45, 2.75) is 51.7 Å². The molecule has 1 heterocycles. The van der Waals surface area contributed by atoms with Gasteiger partial charge in [0.25, 0.3) is 0 Å². The molecule has 2 aromatic carbocycles. The summed E-state index contributed by atoms with van der Waals surface area (Å²) in [5.41, 5.74) is 0.951. The van der Waals surface area contributed by atoms with E-state index in [-0.39, 0.29) is 37.6 Å². The van der Waals surface area contributed by atoms with E-state index < -0.39 is 24.1 Å². The van der Waals surface area contributed by atoms with Gasteiger partial charge in [0.1, 0.15) is 47.0 Å². The molecule has 0 spiro atoms. The van der Waals surface area contributed by atoms with Crippen LogP contribution in [0.1, 0.15) is 50.7 Å². The van der Waals surface area contributed by atoms with Crippen LogP contribution in [0.5, 0.6) is 11.5 Å². The molecule has 1 saturated heterocycles. The van der Waals surface area contributed by atoms with Gasteiger partial charge in [-0.15, -0.1) is 0 Å². The van der Waals surface area contributed by atoms with Crippen LogP contribution >= 0.6 is 0 Å². The van der Waals surface area contributed by atoms with Gasteiger partial charge in [-0.1, -0.05) is 51.0 Å². The largest absolute Gasteiger partial charge is 0.494 e. The highest BCUT2D eigenvalue weighted by Gasteiger charge is 2.25. The van der Waals surface area contributed by atoms with Crippen molar-refractivity contribution in [3.05, 3.63) is 70.8 Å². The van der Waals surface area contributed by atoms with Gasteiger partial charge in [0.05, 0.1) is 39.6 Å². The van der Waals surface area contributed by atoms with Crippen molar-refractivity contribution in [3.63, 3.8) is 0 Å². The lowest BCUT2D eigenvalue weighted by molar-refractivity contribution is -0.166. The minimum Gasteiger partial charge on any atom is -0.494 e. The first-order chi connectivity index (χ1) is 21.4. The van der Waals surface area contributed by atoms with Crippen LogP contribution in [0.15, 0.2) is 59.7 Å². The summed E-state index contributed by atoms with van der Waals surface area (Å²) in [5.74, 6) is -0.188. The van der Waals surface area contributed by atoms with Crippen LogP contribution in [-0.4, -0.2) is 63.8 Å². The molecule has 0 atom stereocenters. The summed E-state index contributed by atoms with van der Waals surface area (Å²) in [7, 11) is 0. The Balaban J connectivity index is 1.48. The summed E-state index contributed by atoms with van der Waals surface area (Å²) < 4.78 is 33.4. The zero-order valence-corrected chi connectivity index (χ0v) is 25.2. The van der Waals surface area contributed by atoms with Crippen molar-refractivity contribution in [1.29, 1.82) is 10.5 Å². The fraction of sp³-hybridized carbons (Fsp3) is 0.412. The third kappa shape index (κ3) is 11.6. The lowest BCUT2D eigenvalue weighted by Crippen LogP contribution is -2.38. The van der Waals surface area contributed by atoms with Gasteiger partial charge in [0, 0.05) is 0 Å². The summed E-state index contributed by atoms with van der Waals surface area (Å²) in [5, 5.41) is 19.1. The predicted molar refractivity (Wildman–Crippen MR) is 162 cm³/mol. The van der Waals surface area contributed by atoms with Crippen LogP contribution in [0.4, 0.5) is 0 Å². The number of rotatable bonds is 14. The summed E-state index contributed by atoms with van der Waals surface area (Å²) >= 11 is 0. The number of carbonyl (C=O) groups is 2. The molecule has 0 unspecified atom stereocenters. The van der Waals surface area contributed by atoms with Crippen LogP contribution < -0.4 is 9.47 Å². The predicted octanol–water partition coefficient (Wildman–Crippen LogP) is 5.43. The zero-order valence-electron chi connectivity index (χ0n) is 25.2. The molecule has 2 aromatic rings. The number of carbonyl (C=O) groups excluding carboxylic acids is 2. The number of ether oxygens (including phenoxy) is 6. The van der Waals surface area contributed by atoms with Crippen molar-refractivity contribution in [2.24, 2.45) is 0 Å². The molecule has 0 radical (unpaired) electrons. The lowest BCUT2D eigenvalue weighted by atomic mass is 10.1. The molecular formula is C34H38N2O8. The third-order valence-corrected chi connectivity index (χ3v) is 6.36. The average Bonchev–Trinajstić information content (AvgIpc) is 3.02. The standard InChI is InChI=1S/C34H38N2O8/c1-3-5-15-41-29-11-7-25(8-12-29)17-27(19-35)33(37)43-31-21-39-23-32(24-40-22-31)44-34(38)28(20-36)18-26-9-13-30(14-10-26)42-16-6-4-2/h7-14,17-18,31-32H,3-6,15-16,21-24H2,1-2H3/b27-17+,28-18+/t31-,32-. The Bertz CT molecular complexity index is 1240. The Kier molecular flexibility index (Phi) is 14.5. The van der Waals surface area contributed by atoms with Gasteiger partial charge in [0.15, 0.2) is 0 Å². The molecule has 3 rings (SSSR count). The molecular weight excluding hydrogens is 564 g/mol.